The van der Waals surface area contributed by atoms with Crippen LogP contribution in [0.25, 0.3) is 0 Å². The topological polar surface area (TPSA) is 65.4 Å². The molecule has 0 amide bonds. The van der Waals surface area contributed by atoms with E-state index in [9.17, 15) is 9.90 Å². The zero-order valence-corrected chi connectivity index (χ0v) is 10.8. The van der Waals surface area contributed by atoms with Crippen molar-refractivity contribution in [3.63, 3.8) is 0 Å². The molecular formula is C14H20N2O2. The van der Waals surface area contributed by atoms with Crippen molar-refractivity contribution in [1.82, 2.24) is 4.98 Å². The smallest absolute Gasteiger partial charge is 0.186 e. The lowest BCUT2D eigenvalue weighted by Crippen LogP contribution is -2.06. The van der Waals surface area contributed by atoms with Crippen LogP contribution in [0.5, 0.6) is 0 Å². The maximum atomic E-state index is 11.6. The van der Waals surface area contributed by atoms with Crippen molar-refractivity contribution < 1.29 is 9.90 Å². The molecule has 98 valence electrons. The number of ketones is 1. The Bertz CT molecular complexity index is 449. The van der Waals surface area contributed by atoms with Gasteiger partial charge >= 0.3 is 0 Å². The second kappa shape index (κ2) is 5.96. The number of aliphatic hydroxyl groups is 1. The first kappa shape index (κ1) is 13.0. The maximum Gasteiger partial charge on any atom is 0.186 e. The van der Waals surface area contributed by atoms with Gasteiger partial charge in [-0.3, -0.25) is 9.79 Å². The van der Waals surface area contributed by atoms with E-state index in [1.807, 2.05) is 6.20 Å². The van der Waals surface area contributed by atoms with Crippen molar-refractivity contribution in [1.29, 1.82) is 0 Å². The van der Waals surface area contributed by atoms with Crippen LogP contribution in [-0.2, 0) is 6.42 Å². The number of Topliss-reactive ketones (excluding diaryl/α,β-unsaturated/α-hetero) is 1. The van der Waals surface area contributed by atoms with Crippen molar-refractivity contribution in [2.45, 2.75) is 51.6 Å². The molecule has 2 heterocycles. The summed E-state index contributed by atoms with van der Waals surface area (Å²) in [5.41, 5.74) is 2.52. The molecule has 2 rings (SSSR count). The second-order valence-electron chi connectivity index (χ2n) is 4.81. The summed E-state index contributed by atoms with van der Waals surface area (Å²) in [6, 6.07) is 0. The summed E-state index contributed by atoms with van der Waals surface area (Å²) in [5, 5.41) is 9.67. The monoisotopic (exact) mass is 248 g/mol. The summed E-state index contributed by atoms with van der Waals surface area (Å²) in [7, 11) is 0. The van der Waals surface area contributed by atoms with Gasteiger partial charge < -0.3 is 10.1 Å². The Kier molecular flexibility index (Phi) is 4.31. The quantitative estimate of drug-likeness (QED) is 0.813. The van der Waals surface area contributed by atoms with Crippen LogP contribution in [0, 0.1) is 0 Å². The minimum Gasteiger partial charge on any atom is -0.393 e. The third-order valence-corrected chi connectivity index (χ3v) is 3.31. The summed E-state index contributed by atoms with van der Waals surface area (Å²) in [4.78, 5) is 18.9. The maximum absolute atomic E-state index is 11.6. The summed E-state index contributed by atoms with van der Waals surface area (Å²) in [6.45, 7) is 2.08. The molecule has 1 unspecified atom stereocenters. The van der Waals surface area contributed by atoms with Gasteiger partial charge in [-0.2, -0.15) is 0 Å². The fraction of sp³-hybridized carbons (Fsp3) is 0.571. The van der Waals surface area contributed by atoms with E-state index in [2.05, 4.69) is 16.9 Å². The van der Waals surface area contributed by atoms with E-state index >= 15 is 0 Å². The van der Waals surface area contributed by atoms with Crippen LogP contribution in [0.2, 0.25) is 0 Å². The average molecular weight is 248 g/mol. The summed E-state index contributed by atoms with van der Waals surface area (Å²) in [5.74, 6) is 0.109. The normalized spacial score (nSPS) is 15.8. The van der Waals surface area contributed by atoms with Gasteiger partial charge in [0.1, 0.15) is 5.69 Å². The van der Waals surface area contributed by atoms with E-state index < -0.39 is 0 Å². The van der Waals surface area contributed by atoms with Gasteiger partial charge in [0.05, 0.1) is 11.8 Å². The van der Waals surface area contributed by atoms with Crippen LogP contribution in [-0.4, -0.2) is 28.2 Å². The van der Waals surface area contributed by atoms with Gasteiger partial charge in [-0.1, -0.05) is 13.3 Å². The Morgan fingerprint density at radius 3 is 3.11 bits per heavy atom. The van der Waals surface area contributed by atoms with Crippen molar-refractivity contribution in [2.75, 3.05) is 0 Å². The van der Waals surface area contributed by atoms with Crippen LogP contribution in [0.4, 0.5) is 5.69 Å². The first-order valence-electron chi connectivity index (χ1n) is 6.66. The van der Waals surface area contributed by atoms with Gasteiger partial charge in [-0.15, -0.1) is 0 Å². The average Bonchev–Trinajstić information content (AvgIpc) is 2.75. The predicted octanol–water partition coefficient (Wildman–Crippen LogP) is 2.79. The molecule has 1 aliphatic heterocycles. The van der Waals surface area contributed by atoms with Crippen LogP contribution in [0.15, 0.2) is 11.2 Å². The van der Waals surface area contributed by atoms with E-state index in [-0.39, 0.29) is 11.9 Å². The highest BCUT2D eigenvalue weighted by Crippen LogP contribution is 2.29. The number of carbonyl (C=O) groups excluding carboxylic acids is 1. The first-order chi connectivity index (χ1) is 8.72. The van der Waals surface area contributed by atoms with E-state index in [4.69, 9.17) is 0 Å². The second-order valence-corrected chi connectivity index (χ2v) is 4.81. The molecule has 1 aliphatic rings. The summed E-state index contributed by atoms with van der Waals surface area (Å²) < 4.78 is 0. The molecular weight excluding hydrogens is 228 g/mol. The number of H-pyrrole nitrogens is 1. The molecule has 0 bridgehead atoms. The van der Waals surface area contributed by atoms with Gasteiger partial charge in [-0.05, 0) is 31.2 Å². The number of aromatic nitrogens is 1. The minimum atomic E-state index is -0.199. The lowest BCUT2D eigenvalue weighted by molar-refractivity contribution is 0.0996. The number of aryl methyl sites for hydroxylation is 1. The number of nitrogens with one attached hydrogen (secondary N) is 1. The summed E-state index contributed by atoms with van der Waals surface area (Å²) >= 11 is 0. The van der Waals surface area contributed by atoms with Crippen LogP contribution in [0.1, 0.15) is 55.1 Å². The fourth-order valence-electron chi connectivity index (χ4n) is 2.33. The molecule has 1 aromatic rings. The van der Waals surface area contributed by atoms with Crippen molar-refractivity contribution >= 4 is 17.7 Å². The molecule has 1 aromatic heterocycles. The third kappa shape index (κ3) is 2.88. The molecule has 0 radical (unpaired) electrons. The number of aromatic amines is 1. The number of aliphatic imine (C=N–C) groups is 1. The van der Waals surface area contributed by atoms with E-state index in [0.29, 0.717) is 12.1 Å². The standard InChI is InChI=1S/C14H20N2O2/c1-2-4-11(17)6-3-5-10-9-16-14-12(18)7-8-15-13(10)14/h8-9,11,16-17H,2-7H2,1H3. The summed E-state index contributed by atoms with van der Waals surface area (Å²) in [6.07, 6.45) is 8.21. The van der Waals surface area contributed by atoms with Crippen LogP contribution in [0.3, 0.4) is 0 Å². The minimum absolute atomic E-state index is 0.109. The molecule has 4 nitrogen and oxygen atoms in total. The molecule has 0 aromatic carbocycles. The first-order valence-corrected chi connectivity index (χ1v) is 6.66. The van der Waals surface area contributed by atoms with Gasteiger partial charge in [0, 0.05) is 18.8 Å². The highest BCUT2D eigenvalue weighted by molar-refractivity contribution is 6.09. The molecule has 0 aliphatic carbocycles. The highest BCUT2D eigenvalue weighted by Gasteiger charge is 2.19. The Labute approximate surface area is 107 Å². The van der Waals surface area contributed by atoms with Gasteiger partial charge in [0.15, 0.2) is 5.78 Å². The Morgan fingerprint density at radius 2 is 2.33 bits per heavy atom. The van der Waals surface area contributed by atoms with Crippen molar-refractivity contribution in [3.05, 3.63) is 17.5 Å². The molecule has 0 fully saturated rings. The fourth-order valence-corrected chi connectivity index (χ4v) is 2.33. The highest BCUT2D eigenvalue weighted by atomic mass is 16.3. The molecule has 0 saturated carbocycles. The molecule has 2 N–H and O–H groups in total. The largest absolute Gasteiger partial charge is 0.393 e. The van der Waals surface area contributed by atoms with Gasteiger partial charge in [-0.25, -0.2) is 0 Å². The number of carbonyl (C=O) groups is 1. The zero-order chi connectivity index (χ0) is 13.0. The van der Waals surface area contributed by atoms with Gasteiger partial charge in [0.2, 0.25) is 0 Å². The number of aliphatic hydroxyl groups excluding tert-OH is 1. The predicted molar refractivity (Wildman–Crippen MR) is 71.7 cm³/mol. The van der Waals surface area contributed by atoms with Crippen LogP contribution < -0.4 is 0 Å². The molecule has 1 atom stereocenters. The number of hydrogen-bond donors (Lipinski definition) is 2. The number of fused-ring (bicyclic) bond motifs is 1. The van der Waals surface area contributed by atoms with Crippen molar-refractivity contribution in [3.8, 4) is 0 Å². The van der Waals surface area contributed by atoms with Crippen LogP contribution >= 0.6 is 0 Å². The third-order valence-electron chi connectivity index (χ3n) is 3.31. The van der Waals surface area contributed by atoms with E-state index in [1.165, 1.54) is 0 Å². The molecule has 0 saturated heterocycles. The molecule has 0 spiro atoms. The Morgan fingerprint density at radius 1 is 1.50 bits per heavy atom. The Balaban J connectivity index is 1.92. The molecule has 18 heavy (non-hydrogen) atoms. The zero-order valence-electron chi connectivity index (χ0n) is 10.8. The Hall–Kier alpha value is -1.42. The van der Waals surface area contributed by atoms with E-state index in [0.717, 1.165) is 43.4 Å². The number of hydrogen-bond acceptors (Lipinski definition) is 3. The lowest BCUT2D eigenvalue weighted by Gasteiger charge is -2.09. The van der Waals surface area contributed by atoms with Gasteiger partial charge in [0.25, 0.3) is 0 Å². The molecule has 4 heteroatoms. The lowest BCUT2D eigenvalue weighted by atomic mass is 10.0. The number of nitrogens with zero attached hydrogens (tertiary/aromatic N) is 1. The number of rotatable bonds is 6. The van der Waals surface area contributed by atoms with Crippen molar-refractivity contribution in [2.24, 2.45) is 4.99 Å². The van der Waals surface area contributed by atoms with E-state index in [1.54, 1.807) is 6.21 Å². The SMILES string of the molecule is CCCC(O)CCCc1c[nH]c2c1N=CCC2=O.